The summed E-state index contributed by atoms with van der Waals surface area (Å²) in [6.07, 6.45) is 9.97. The van der Waals surface area contributed by atoms with E-state index in [1.165, 1.54) is 46.9 Å². The van der Waals surface area contributed by atoms with E-state index in [9.17, 15) is 0 Å². The average molecular weight is 444 g/mol. The third-order valence-corrected chi connectivity index (χ3v) is 6.69. The lowest BCUT2D eigenvalue weighted by Gasteiger charge is -2.22. The number of hydrogen-bond acceptors (Lipinski definition) is 2. The van der Waals surface area contributed by atoms with E-state index in [1.54, 1.807) is 0 Å². The van der Waals surface area contributed by atoms with Crippen LogP contribution in [-0.4, -0.2) is 6.21 Å². The first-order chi connectivity index (χ1) is 16.7. The van der Waals surface area contributed by atoms with Crippen LogP contribution in [-0.2, 0) is 0 Å². The Bertz CT molecular complexity index is 1530. The molecule has 0 unspecified atom stereocenters. The summed E-state index contributed by atoms with van der Waals surface area (Å²) in [6.45, 7) is 6.05. The summed E-state index contributed by atoms with van der Waals surface area (Å²) in [4.78, 5) is 0. The monoisotopic (exact) mass is 443 g/mol. The summed E-state index contributed by atoms with van der Waals surface area (Å²) in [5.41, 5.74) is 10.1. The van der Waals surface area contributed by atoms with Crippen LogP contribution in [0.5, 0.6) is 0 Å². The molecule has 2 heteroatoms. The van der Waals surface area contributed by atoms with Gasteiger partial charge >= 0.3 is 0 Å². The largest absolute Gasteiger partial charge is 0.457 e. The van der Waals surface area contributed by atoms with E-state index < -0.39 is 0 Å². The number of nitrogens with one attached hydrogen (secondary N) is 1. The number of rotatable bonds is 5. The zero-order chi connectivity index (χ0) is 23.5. The summed E-state index contributed by atoms with van der Waals surface area (Å²) >= 11 is 0. The molecule has 0 saturated heterocycles. The van der Waals surface area contributed by atoms with Gasteiger partial charge in [0, 0.05) is 22.4 Å². The van der Waals surface area contributed by atoms with Gasteiger partial charge in [0.25, 0.3) is 0 Å². The van der Waals surface area contributed by atoms with Crippen LogP contribution in [0.2, 0.25) is 0 Å². The molecule has 1 aliphatic carbocycles. The smallest absolute Gasteiger partial charge is 0.135 e. The standard InChI is InChI=1S/C32H29NO/c1-3-10-27(21-33)32-22(2)34-31-18-17-25(20-30(31)32)24-13-9-14-26(19-24)29-16-8-7-15-28(29)23-11-5-4-6-12-23/h3-6,9-14,17-21,33H,2,7-8,15-16H2,1H3/b10-3-,32-27-,33-21?. The molecule has 34 heavy (non-hydrogen) atoms. The molecule has 3 aromatic carbocycles. The van der Waals surface area contributed by atoms with Crippen molar-refractivity contribution >= 4 is 40.5 Å². The molecule has 1 aromatic heterocycles. The van der Waals surface area contributed by atoms with E-state index in [2.05, 4.69) is 73.3 Å². The molecule has 2 nitrogen and oxygen atoms in total. The van der Waals surface area contributed by atoms with E-state index in [0.29, 0.717) is 5.42 Å². The Morgan fingerprint density at radius 2 is 1.50 bits per heavy atom. The lowest BCUT2D eigenvalue weighted by Crippen LogP contribution is -2.21. The average Bonchev–Trinajstić information content (AvgIpc) is 3.22. The van der Waals surface area contributed by atoms with Crippen molar-refractivity contribution in [3.8, 4) is 11.1 Å². The highest BCUT2D eigenvalue weighted by molar-refractivity contribution is 6.07. The van der Waals surface area contributed by atoms with Crippen molar-refractivity contribution < 1.29 is 4.42 Å². The van der Waals surface area contributed by atoms with Crippen molar-refractivity contribution in [3.63, 3.8) is 0 Å². The fourth-order valence-corrected chi connectivity index (χ4v) is 5.10. The topological polar surface area (TPSA) is 37.0 Å². The van der Waals surface area contributed by atoms with E-state index >= 15 is 0 Å². The third kappa shape index (κ3) is 4.08. The Morgan fingerprint density at radius 1 is 0.824 bits per heavy atom. The maximum atomic E-state index is 7.87. The van der Waals surface area contributed by atoms with Crippen LogP contribution < -0.4 is 10.6 Å². The van der Waals surface area contributed by atoms with Crippen molar-refractivity contribution in [2.24, 2.45) is 0 Å². The zero-order valence-electron chi connectivity index (χ0n) is 19.6. The minimum atomic E-state index is 0.595. The second-order valence-corrected chi connectivity index (χ2v) is 8.82. The van der Waals surface area contributed by atoms with E-state index in [4.69, 9.17) is 9.83 Å². The number of fused-ring (bicyclic) bond motifs is 1. The van der Waals surface area contributed by atoms with Gasteiger partial charge in [-0.1, -0.05) is 73.3 Å². The SMILES string of the molecule is C=c1oc2ccc(-c3cccc(C4=C(c5ccccc5)CCCC4)c3)cc2/c1=C(C=N)/C=C\C. The second kappa shape index (κ2) is 9.52. The molecule has 0 spiro atoms. The highest BCUT2D eigenvalue weighted by Gasteiger charge is 2.16. The first kappa shape index (κ1) is 21.9. The Balaban J connectivity index is 1.66. The van der Waals surface area contributed by atoms with Gasteiger partial charge in [0.2, 0.25) is 0 Å². The number of benzene rings is 3. The second-order valence-electron chi connectivity index (χ2n) is 8.82. The zero-order valence-corrected chi connectivity index (χ0v) is 19.6. The Kier molecular flexibility index (Phi) is 6.14. The van der Waals surface area contributed by atoms with Crippen molar-refractivity contribution in [3.05, 3.63) is 107 Å². The summed E-state index contributed by atoms with van der Waals surface area (Å²) in [7, 11) is 0. The fourth-order valence-electron chi connectivity index (χ4n) is 5.10. The van der Waals surface area contributed by atoms with Gasteiger partial charge in [0.05, 0.1) is 0 Å². The first-order valence-electron chi connectivity index (χ1n) is 12.0. The van der Waals surface area contributed by atoms with Crippen LogP contribution in [0.15, 0.2) is 89.4 Å². The lowest BCUT2D eigenvalue weighted by atomic mass is 9.83. The quantitative estimate of drug-likeness (QED) is 0.321. The highest BCUT2D eigenvalue weighted by Crippen LogP contribution is 2.39. The van der Waals surface area contributed by atoms with Crippen LogP contribution in [0.25, 0.3) is 45.4 Å². The van der Waals surface area contributed by atoms with Gasteiger partial charge < -0.3 is 9.83 Å². The van der Waals surface area contributed by atoms with Gasteiger partial charge in [-0.2, -0.15) is 0 Å². The Labute approximate surface area is 200 Å². The van der Waals surface area contributed by atoms with Crippen LogP contribution in [0.4, 0.5) is 0 Å². The molecule has 0 atom stereocenters. The molecule has 5 rings (SSSR count). The van der Waals surface area contributed by atoms with E-state index in [1.807, 2.05) is 25.1 Å². The summed E-state index contributed by atoms with van der Waals surface area (Å²) < 4.78 is 5.92. The number of hydrogen-bond donors (Lipinski definition) is 1. The lowest BCUT2D eigenvalue weighted by molar-refractivity contribution is 0.577. The van der Waals surface area contributed by atoms with Gasteiger partial charge in [-0.15, -0.1) is 0 Å². The minimum Gasteiger partial charge on any atom is -0.457 e. The molecule has 0 bridgehead atoms. The van der Waals surface area contributed by atoms with Gasteiger partial charge in [-0.3, -0.25) is 0 Å². The van der Waals surface area contributed by atoms with E-state index in [-0.39, 0.29) is 0 Å². The van der Waals surface area contributed by atoms with Gasteiger partial charge in [0.1, 0.15) is 11.0 Å². The number of allylic oxidation sites excluding steroid dienone is 4. The van der Waals surface area contributed by atoms with Crippen LogP contribution in [0, 0.1) is 5.41 Å². The van der Waals surface area contributed by atoms with Crippen LogP contribution in [0.1, 0.15) is 43.7 Å². The van der Waals surface area contributed by atoms with Crippen molar-refractivity contribution in [2.45, 2.75) is 32.6 Å². The molecular weight excluding hydrogens is 414 g/mol. The summed E-state index contributed by atoms with van der Waals surface area (Å²) in [5.74, 6) is 0. The molecule has 1 aliphatic rings. The number of furan rings is 1. The molecule has 1 heterocycles. The van der Waals surface area contributed by atoms with Crippen LogP contribution >= 0.6 is 0 Å². The van der Waals surface area contributed by atoms with Gasteiger partial charge in [-0.25, -0.2) is 0 Å². The summed E-state index contributed by atoms with van der Waals surface area (Å²) in [5, 5.41) is 9.76. The fraction of sp³-hybridized carbons (Fsp3) is 0.156. The summed E-state index contributed by atoms with van der Waals surface area (Å²) in [6, 6.07) is 26.0. The first-order valence-corrected chi connectivity index (χ1v) is 12.0. The van der Waals surface area contributed by atoms with Crippen molar-refractivity contribution in [2.75, 3.05) is 0 Å². The highest BCUT2D eigenvalue weighted by atomic mass is 16.3. The Morgan fingerprint density at radius 3 is 2.24 bits per heavy atom. The van der Waals surface area contributed by atoms with E-state index in [0.717, 1.165) is 40.2 Å². The maximum absolute atomic E-state index is 7.87. The molecular formula is C32H29NO. The molecule has 168 valence electrons. The van der Waals surface area contributed by atoms with Gasteiger partial charge in [-0.05, 0) is 84.2 Å². The maximum Gasteiger partial charge on any atom is 0.135 e. The van der Waals surface area contributed by atoms with Gasteiger partial charge in [0.15, 0.2) is 0 Å². The van der Waals surface area contributed by atoms with Crippen molar-refractivity contribution in [1.29, 1.82) is 5.41 Å². The Hall–Kier alpha value is -3.91. The molecule has 4 aromatic rings. The predicted octanol–water partition coefficient (Wildman–Crippen LogP) is 7.37. The minimum absolute atomic E-state index is 0.595. The molecule has 0 radical (unpaired) electrons. The molecule has 0 saturated carbocycles. The normalized spacial score (nSPS) is 15.2. The molecule has 0 fully saturated rings. The molecule has 0 aliphatic heterocycles. The molecule has 0 amide bonds. The van der Waals surface area contributed by atoms with Crippen LogP contribution in [0.3, 0.4) is 0 Å². The van der Waals surface area contributed by atoms with Crippen molar-refractivity contribution in [1.82, 2.24) is 0 Å². The predicted molar refractivity (Wildman–Crippen MR) is 145 cm³/mol. The third-order valence-electron chi connectivity index (χ3n) is 6.69. The molecule has 1 N–H and O–H groups in total.